The fourth-order valence-corrected chi connectivity index (χ4v) is 1.87. The number of carbonyl (C=O) groups is 1. The average Bonchev–Trinajstić information content (AvgIpc) is 2.48. The van der Waals surface area contributed by atoms with Crippen LogP contribution in [0.4, 0.5) is 5.69 Å². The van der Waals surface area contributed by atoms with E-state index in [1.807, 2.05) is 6.92 Å². The van der Waals surface area contributed by atoms with Crippen molar-refractivity contribution in [1.29, 1.82) is 0 Å². The van der Waals surface area contributed by atoms with Crippen molar-refractivity contribution in [2.45, 2.75) is 26.2 Å². The summed E-state index contributed by atoms with van der Waals surface area (Å²) in [5, 5.41) is 9.38. The van der Waals surface area contributed by atoms with E-state index in [0.29, 0.717) is 10.3 Å². The summed E-state index contributed by atoms with van der Waals surface area (Å²) in [7, 11) is 0. The standard InChI is InChI=1S/C9H12BrN3O/c1-9(3-2-4-9)8(14)12-6-5-11-13-7(6)10/h5H,2-4H2,1H3,(H,11,13)(H,12,14). The summed E-state index contributed by atoms with van der Waals surface area (Å²) in [5.41, 5.74) is 0.541. The number of halogens is 1. The molecule has 0 atom stereocenters. The van der Waals surface area contributed by atoms with Gasteiger partial charge in [-0.2, -0.15) is 5.10 Å². The molecule has 5 heteroatoms. The largest absolute Gasteiger partial charge is 0.322 e. The highest BCUT2D eigenvalue weighted by atomic mass is 79.9. The molecule has 1 aliphatic rings. The average molecular weight is 258 g/mol. The lowest BCUT2D eigenvalue weighted by Gasteiger charge is -2.36. The van der Waals surface area contributed by atoms with Gasteiger partial charge in [0.1, 0.15) is 4.60 Å². The first-order chi connectivity index (χ1) is 6.62. The Labute approximate surface area is 90.6 Å². The molecule has 1 saturated carbocycles. The van der Waals surface area contributed by atoms with Crippen molar-refractivity contribution in [2.75, 3.05) is 5.32 Å². The molecule has 1 aromatic rings. The summed E-state index contributed by atoms with van der Waals surface area (Å²) in [5.74, 6) is 0.0888. The number of H-pyrrole nitrogens is 1. The Hall–Kier alpha value is -0.840. The molecule has 4 nitrogen and oxygen atoms in total. The summed E-state index contributed by atoms with van der Waals surface area (Å²) < 4.78 is 0.716. The lowest BCUT2D eigenvalue weighted by Crippen LogP contribution is -2.39. The van der Waals surface area contributed by atoms with Crippen molar-refractivity contribution in [3.8, 4) is 0 Å². The number of aromatic amines is 1. The van der Waals surface area contributed by atoms with Gasteiger partial charge in [0.25, 0.3) is 0 Å². The molecule has 14 heavy (non-hydrogen) atoms. The summed E-state index contributed by atoms with van der Waals surface area (Å²) in [6.07, 6.45) is 4.71. The first-order valence-electron chi connectivity index (χ1n) is 4.62. The number of carbonyl (C=O) groups excluding carboxylic acids is 1. The molecule has 0 aromatic carbocycles. The molecule has 0 spiro atoms. The maximum atomic E-state index is 11.8. The second kappa shape index (κ2) is 3.38. The molecular weight excluding hydrogens is 246 g/mol. The van der Waals surface area contributed by atoms with Crippen LogP contribution in [0.1, 0.15) is 26.2 Å². The predicted octanol–water partition coefficient (Wildman–Crippen LogP) is 2.30. The molecule has 0 bridgehead atoms. The van der Waals surface area contributed by atoms with Gasteiger partial charge in [-0.15, -0.1) is 0 Å². The first-order valence-corrected chi connectivity index (χ1v) is 5.41. The molecule has 1 aromatic heterocycles. The number of aromatic nitrogens is 2. The quantitative estimate of drug-likeness (QED) is 0.855. The highest BCUT2D eigenvalue weighted by Gasteiger charge is 2.39. The SMILES string of the molecule is CC1(C(=O)Nc2cn[nH]c2Br)CCC1. The Morgan fingerprint density at radius 2 is 2.43 bits per heavy atom. The first kappa shape index (κ1) is 9.71. The Bertz CT molecular complexity index is 357. The van der Waals surface area contributed by atoms with Crippen molar-refractivity contribution in [1.82, 2.24) is 10.2 Å². The topological polar surface area (TPSA) is 57.8 Å². The highest BCUT2D eigenvalue weighted by molar-refractivity contribution is 9.10. The van der Waals surface area contributed by atoms with Crippen LogP contribution in [0.25, 0.3) is 0 Å². The fourth-order valence-electron chi connectivity index (χ4n) is 1.56. The van der Waals surface area contributed by atoms with E-state index in [0.717, 1.165) is 19.3 Å². The van der Waals surface area contributed by atoms with Gasteiger partial charge in [0.2, 0.25) is 5.91 Å². The second-order valence-electron chi connectivity index (χ2n) is 3.97. The van der Waals surface area contributed by atoms with Crippen LogP contribution in [0, 0.1) is 5.41 Å². The fraction of sp³-hybridized carbons (Fsp3) is 0.556. The third-order valence-corrected chi connectivity index (χ3v) is 3.45. The molecule has 1 fully saturated rings. The van der Waals surface area contributed by atoms with Crippen LogP contribution >= 0.6 is 15.9 Å². The minimum absolute atomic E-state index is 0.0888. The van der Waals surface area contributed by atoms with Gasteiger partial charge in [-0.3, -0.25) is 9.89 Å². The molecular formula is C9H12BrN3O. The van der Waals surface area contributed by atoms with Gasteiger partial charge in [0.15, 0.2) is 0 Å². The van der Waals surface area contributed by atoms with Crippen LogP contribution in [-0.4, -0.2) is 16.1 Å². The lowest BCUT2D eigenvalue weighted by molar-refractivity contribution is -0.128. The van der Waals surface area contributed by atoms with Gasteiger partial charge in [-0.05, 0) is 28.8 Å². The van der Waals surface area contributed by atoms with Crippen molar-refractivity contribution in [3.63, 3.8) is 0 Å². The third-order valence-electron chi connectivity index (χ3n) is 2.85. The van der Waals surface area contributed by atoms with Crippen LogP contribution in [-0.2, 0) is 4.79 Å². The number of nitrogens with one attached hydrogen (secondary N) is 2. The molecule has 0 saturated heterocycles. The maximum Gasteiger partial charge on any atom is 0.230 e. The van der Waals surface area contributed by atoms with Crippen molar-refractivity contribution >= 4 is 27.5 Å². The van der Waals surface area contributed by atoms with Gasteiger partial charge < -0.3 is 5.32 Å². The van der Waals surface area contributed by atoms with Crippen LogP contribution in [0.15, 0.2) is 10.8 Å². The predicted molar refractivity (Wildman–Crippen MR) is 56.9 cm³/mol. The molecule has 0 radical (unpaired) electrons. The van der Waals surface area contributed by atoms with Crippen LogP contribution in [0.3, 0.4) is 0 Å². The number of hydrogen-bond acceptors (Lipinski definition) is 2. The van der Waals surface area contributed by atoms with Gasteiger partial charge >= 0.3 is 0 Å². The number of hydrogen-bond donors (Lipinski definition) is 2. The summed E-state index contributed by atoms with van der Waals surface area (Å²) >= 11 is 3.27. The zero-order valence-corrected chi connectivity index (χ0v) is 9.52. The molecule has 1 amide bonds. The molecule has 0 unspecified atom stereocenters. The van der Waals surface area contributed by atoms with E-state index in [-0.39, 0.29) is 11.3 Å². The number of nitrogens with zero attached hydrogens (tertiary/aromatic N) is 1. The Kier molecular flexibility index (Phi) is 2.34. The van der Waals surface area contributed by atoms with E-state index in [1.165, 1.54) is 0 Å². The minimum Gasteiger partial charge on any atom is -0.322 e. The second-order valence-corrected chi connectivity index (χ2v) is 4.76. The van der Waals surface area contributed by atoms with E-state index in [4.69, 9.17) is 0 Å². The Balaban J connectivity index is 2.05. The van der Waals surface area contributed by atoms with E-state index in [2.05, 4.69) is 31.4 Å². The number of amides is 1. The van der Waals surface area contributed by atoms with Crippen LogP contribution in [0.2, 0.25) is 0 Å². The van der Waals surface area contributed by atoms with E-state index >= 15 is 0 Å². The maximum absolute atomic E-state index is 11.8. The Morgan fingerprint density at radius 1 is 1.71 bits per heavy atom. The van der Waals surface area contributed by atoms with Crippen molar-refractivity contribution in [3.05, 3.63) is 10.8 Å². The van der Waals surface area contributed by atoms with Crippen molar-refractivity contribution in [2.24, 2.45) is 5.41 Å². The molecule has 1 heterocycles. The number of rotatable bonds is 2. The zero-order chi connectivity index (χ0) is 10.2. The zero-order valence-electron chi connectivity index (χ0n) is 7.93. The monoisotopic (exact) mass is 257 g/mol. The summed E-state index contributed by atoms with van der Waals surface area (Å²) in [4.78, 5) is 11.8. The van der Waals surface area contributed by atoms with E-state index in [1.54, 1.807) is 6.20 Å². The van der Waals surface area contributed by atoms with Crippen LogP contribution in [0.5, 0.6) is 0 Å². The normalized spacial score (nSPS) is 18.7. The summed E-state index contributed by atoms with van der Waals surface area (Å²) in [6.45, 7) is 2.00. The highest BCUT2D eigenvalue weighted by Crippen LogP contribution is 2.41. The molecule has 2 N–H and O–H groups in total. The van der Waals surface area contributed by atoms with Crippen molar-refractivity contribution < 1.29 is 4.79 Å². The summed E-state index contributed by atoms with van der Waals surface area (Å²) in [6, 6.07) is 0. The van der Waals surface area contributed by atoms with Gasteiger partial charge in [0, 0.05) is 5.41 Å². The third kappa shape index (κ3) is 1.56. The molecule has 2 rings (SSSR count). The van der Waals surface area contributed by atoms with Gasteiger partial charge in [-0.1, -0.05) is 13.3 Å². The molecule has 1 aliphatic carbocycles. The minimum atomic E-state index is -0.170. The lowest BCUT2D eigenvalue weighted by atomic mass is 9.70. The molecule has 76 valence electrons. The van der Waals surface area contributed by atoms with E-state index < -0.39 is 0 Å². The van der Waals surface area contributed by atoms with Gasteiger partial charge in [-0.25, -0.2) is 0 Å². The Morgan fingerprint density at radius 3 is 2.86 bits per heavy atom. The molecule has 0 aliphatic heterocycles. The smallest absolute Gasteiger partial charge is 0.230 e. The number of anilines is 1. The van der Waals surface area contributed by atoms with Crippen LogP contribution < -0.4 is 5.32 Å². The van der Waals surface area contributed by atoms with E-state index in [9.17, 15) is 4.79 Å². The van der Waals surface area contributed by atoms with Gasteiger partial charge in [0.05, 0.1) is 11.9 Å².